The van der Waals surface area contributed by atoms with E-state index in [1.807, 2.05) is 0 Å². The van der Waals surface area contributed by atoms with Gasteiger partial charge in [-0.05, 0) is 39.0 Å². The maximum Gasteiger partial charge on any atom is 0.182 e. The molecule has 1 N–H and O–H groups in total. The first-order valence-corrected chi connectivity index (χ1v) is 12.9. The zero-order chi connectivity index (χ0) is 21.0. The Morgan fingerprint density at radius 2 is 1.38 bits per heavy atom. The van der Waals surface area contributed by atoms with Gasteiger partial charge in [0, 0.05) is 6.42 Å². The summed E-state index contributed by atoms with van der Waals surface area (Å²) in [5.74, 6) is 0. The lowest BCUT2D eigenvalue weighted by molar-refractivity contribution is -0.936. The maximum absolute atomic E-state index is 9.38. The van der Waals surface area contributed by atoms with Gasteiger partial charge in [0.05, 0.1) is 19.4 Å². The van der Waals surface area contributed by atoms with E-state index in [1.54, 1.807) is 0 Å². The standard InChI is InChI=1S/C26H51N2O/c1-3-5-6-7-8-9-10-11-12-13-14-15-16-17-18-19-20-21-26-27-22-23-28(26,4-2)24-25-29/h15-16,22,26,29H,3-14,17-21,23-25H2,1-2H3/q+1/b16-15+. The van der Waals surface area contributed by atoms with Crippen LogP contribution in [-0.4, -0.2) is 48.2 Å². The summed E-state index contributed by atoms with van der Waals surface area (Å²) in [6.45, 7) is 7.73. The van der Waals surface area contributed by atoms with Crippen LogP contribution >= 0.6 is 0 Å². The molecule has 0 radical (unpaired) electrons. The Morgan fingerprint density at radius 1 is 0.828 bits per heavy atom. The van der Waals surface area contributed by atoms with Crippen molar-refractivity contribution in [3.63, 3.8) is 0 Å². The van der Waals surface area contributed by atoms with Gasteiger partial charge in [-0.3, -0.25) is 4.48 Å². The minimum atomic E-state index is 0.275. The van der Waals surface area contributed by atoms with Crippen molar-refractivity contribution in [2.75, 3.05) is 26.2 Å². The molecule has 0 bridgehead atoms. The van der Waals surface area contributed by atoms with Gasteiger partial charge in [-0.1, -0.05) is 83.3 Å². The molecule has 170 valence electrons. The molecular formula is C26H51N2O+. The van der Waals surface area contributed by atoms with Crippen LogP contribution in [0.3, 0.4) is 0 Å². The Bertz CT molecular complexity index is 421. The van der Waals surface area contributed by atoms with Gasteiger partial charge in [-0.15, -0.1) is 0 Å². The number of rotatable bonds is 20. The molecule has 0 aromatic carbocycles. The Balaban J connectivity index is 1.89. The lowest BCUT2D eigenvalue weighted by Crippen LogP contribution is -2.53. The minimum Gasteiger partial charge on any atom is -0.391 e. The van der Waals surface area contributed by atoms with E-state index in [0.29, 0.717) is 6.17 Å². The summed E-state index contributed by atoms with van der Waals surface area (Å²) in [7, 11) is 0. The van der Waals surface area contributed by atoms with E-state index in [4.69, 9.17) is 4.99 Å². The van der Waals surface area contributed by atoms with Gasteiger partial charge < -0.3 is 5.11 Å². The van der Waals surface area contributed by atoms with Crippen molar-refractivity contribution in [3.8, 4) is 0 Å². The second-order valence-corrected chi connectivity index (χ2v) is 9.06. The van der Waals surface area contributed by atoms with Crippen LogP contribution in [-0.2, 0) is 0 Å². The Labute approximate surface area is 182 Å². The molecule has 0 saturated carbocycles. The van der Waals surface area contributed by atoms with Crippen LogP contribution in [0.2, 0.25) is 0 Å². The van der Waals surface area contributed by atoms with Crippen molar-refractivity contribution in [2.45, 2.75) is 123 Å². The number of allylic oxidation sites excluding steroid dienone is 2. The third-order valence-corrected chi connectivity index (χ3v) is 6.75. The van der Waals surface area contributed by atoms with Gasteiger partial charge in [0.25, 0.3) is 0 Å². The van der Waals surface area contributed by atoms with Crippen LogP contribution in [0.5, 0.6) is 0 Å². The second-order valence-electron chi connectivity index (χ2n) is 9.06. The van der Waals surface area contributed by atoms with E-state index < -0.39 is 0 Å². The number of quaternary nitrogens is 1. The molecule has 1 rings (SSSR count). The molecule has 2 atom stereocenters. The molecule has 0 aromatic heterocycles. The highest BCUT2D eigenvalue weighted by molar-refractivity contribution is 5.60. The number of aliphatic imine (C=N–C) groups is 1. The molecule has 0 aliphatic carbocycles. The highest BCUT2D eigenvalue weighted by Gasteiger charge is 2.36. The number of nitrogens with zero attached hydrogens (tertiary/aromatic N) is 2. The van der Waals surface area contributed by atoms with Gasteiger partial charge in [0.15, 0.2) is 6.17 Å². The Hall–Kier alpha value is -0.670. The van der Waals surface area contributed by atoms with Crippen LogP contribution in [0.15, 0.2) is 17.1 Å². The summed E-state index contributed by atoms with van der Waals surface area (Å²) in [6, 6.07) is 0. The average Bonchev–Trinajstić information content (AvgIpc) is 3.13. The first-order chi connectivity index (χ1) is 14.3. The second kappa shape index (κ2) is 18.1. The molecule has 0 fully saturated rings. The van der Waals surface area contributed by atoms with Gasteiger partial charge >= 0.3 is 0 Å². The van der Waals surface area contributed by atoms with Gasteiger partial charge in [-0.2, -0.15) is 0 Å². The zero-order valence-corrected chi connectivity index (χ0v) is 19.8. The van der Waals surface area contributed by atoms with Crippen molar-refractivity contribution in [2.24, 2.45) is 4.99 Å². The fraction of sp³-hybridized carbons (Fsp3) is 0.885. The lowest BCUT2D eigenvalue weighted by atomic mass is 10.1. The van der Waals surface area contributed by atoms with Crippen molar-refractivity contribution in [3.05, 3.63) is 12.2 Å². The highest BCUT2D eigenvalue weighted by Crippen LogP contribution is 2.23. The number of hydrogen-bond donors (Lipinski definition) is 1. The predicted octanol–water partition coefficient (Wildman–Crippen LogP) is 7.04. The summed E-state index contributed by atoms with van der Waals surface area (Å²) in [5, 5.41) is 9.38. The normalized spacial score (nSPS) is 21.6. The van der Waals surface area contributed by atoms with Crippen LogP contribution in [0.25, 0.3) is 0 Å². The smallest absolute Gasteiger partial charge is 0.182 e. The molecule has 29 heavy (non-hydrogen) atoms. The zero-order valence-electron chi connectivity index (χ0n) is 19.8. The predicted molar refractivity (Wildman–Crippen MR) is 129 cm³/mol. The molecule has 1 aliphatic rings. The first-order valence-electron chi connectivity index (χ1n) is 12.9. The molecule has 0 saturated heterocycles. The van der Waals surface area contributed by atoms with Gasteiger partial charge in [-0.25, -0.2) is 4.99 Å². The van der Waals surface area contributed by atoms with Crippen molar-refractivity contribution >= 4 is 6.21 Å². The van der Waals surface area contributed by atoms with Gasteiger partial charge in [0.2, 0.25) is 0 Å². The van der Waals surface area contributed by atoms with E-state index in [0.717, 1.165) is 24.1 Å². The third-order valence-electron chi connectivity index (χ3n) is 6.75. The fourth-order valence-corrected chi connectivity index (χ4v) is 4.63. The van der Waals surface area contributed by atoms with Crippen molar-refractivity contribution in [1.82, 2.24) is 0 Å². The van der Waals surface area contributed by atoms with Crippen LogP contribution in [0.4, 0.5) is 0 Å². The number of unbranched alkanes of at least 4 members (excludes halogenated alkanes) is 13. The molecule has 0 spiro atoms. The Kier molecular flexibility index (Phi) is 16.5. The summed E-state index contributed by atoms with van der Waals surface area (Å²) in [6.07, 6.45) is 29.0. The van der Waals surface area contributed by atoms with Crippen molar-refractivity contribution in [1.29, 1.82) is 0 Å². The van der Waals surface area contributed by atoms with E-state index >= 15 is 0 Å². The first kappa shape index (κ1) is 26.4. The maximum atomic E-state index is 9.38. The minimum absolute atomic E-state index is 0.275. The molecule has 2 unspecified atom stereocenters. The van der Waals surface area contributed by atoms with E-state index in [2.05, 4.69) is 32.2 Å². The summed E-state index contributed by atoms with van der Waals surface area (Å²) in [4.78, 5) is 4.71. The summed E-state index contributed by atoms with van der Waals surface area (Å²) in [5.41, 5.74) is 0. The number of aliphatic hydroxyl groups excluding tert-OH is 1. The SMILES string of the molecule is CCCCCCCCCCCC/C=C/CCCCCC1N=CC[N+]1(CC)CCO. The summed E-state index contributed by atoms with van der Waals surface area (Å²) >= 11 is 0. The molecule has 1 heterocycles. The topological polar surface area (TPSA) is 32.6 Å². The lowest BCUT2D eigenvalue weighted by Gasteiger charge is -2.37. The van der Waals surface area contributed by atoms with Crippen LogP contribution in [0.1, 0.15) is 117 Å². The monoisotopic (exact) mass is 407 g/mol. The fourth-order valence-electron chi connectivity index (χ4n) is 4.63. The van der Waals surface area contributed by atoms with Gasteiger partial charge in [0.1, 0.15) is 13.1 Å². The highest BCUT2D eigenvalue weighted by atomic mass is 16.3. The number of likely N-dealkylation sites (N-methyl/N-ethyl adjacent to an activating group) is 1. The largest absolute Gasteiger partial charge is 0.391 e. The average molecular weight is 408 g/mol. The van der Waals surface area contributed by atoms with E-state index in [1.165, 1.54) is 103 Å². The molecule has 3 heteroatoms. The molecule has 3 nitrogen and oxygen atoms in total. The Morgan fingerprint density at radius 3 is 1.93 bits per heavy atom. The van der Waals surface area contributed by atoms with Crippen LogP contribution in [0, 0.1) is 0 Å². The van der Waals surface area contributed by atoms with Crippen molar-refractivity contribution < 1.29 is 9.59 Å². The molecule has 0 amide bonds. The van der Waals surface area contributed by atoms with Crippen LogP contribution < -0.4 is 0 Å². The van der Waals surface area contributed by atoms with E-state index in [9.17, 15) is 5.11 Å². The quantitative estimate of drug-likeness (QED) is 0.131. The third kappa shape index (κ3) is 11.9. The van der Waals surface area contributed by atoms with E-state index in [-0.39, 0.29) is 6.61 Å². The summed E-state index contributed by atoms with van der Waals surface area (Å²) < 4.78 is 0.968. The molecule has 1 aliphatic heterocycles. The molecule has 0 aromatic rings. The molecular weight excluding hydrogens is 356 g/mol. The number of hydrogen-bond acceptors (Lipinski definition) is 2. The number of aliphatic hydroxyl groups is 1.